The van der Waals surface area contributed by atoms with Crippen LogP contribution in [-0.4, -0.2) is 9.13 Å². The molecule has 280 valence electrons. The fourth-order valence-corrected chi connectivity index (χ4v) is 8.75. The molecule has 2 aromatic heterocycles. The monoisotopic (exact) mass is 740 g/mol. The maximum absolute atomic E-state index is 2.44. The molecule has 55 heavy (non-hydrogen) atoms. The summed E-state index contributed by atoms with van der Waals surface area (Å²) in [7, 11) is 0. The summed E-state index contributed by atoms with van der Waals surface area (Å²) in [5.74, 6) is 0. The molecule has 2 nitrogen and oxygen atoms in total. The van der Waals surface area contributed by atoms with Gasteiger partial charge in [0.1, 0.15) is 0 Å². The highest BCUT2D eigenvalue weighted by molar-refractivity contribution is 7.99. The lowest BCUT2D eigenvalue weighted by molar-refractivity contribution is 0.590. The molecule has 0 amide bonds. The lowest BCUT2D eigenvalue weighted by Gasteiger charge is -2.19. The molecule has 0 aliphatic carbocycles. The Morgan fingerprint density at radius 2 is 0.545 bits per heavy atom. The SMILES string of the molecule is CC(C)(C)c1ccc2c(c1)c1cc(C(C)(C)C)ccc1n2-c1ccc(Sc2ccc(-n3c4ccc(C(C)(C)C)cc4c4cc(C(C)(C)C)ccc43)cc2)cc1. The van der Waals surface area contributed by atoms with Crippen LogP contribution >= 0.6 is 11.8 Å². The Morgan fingerprint density at radius 1 is 0.309 bits per heavy atom. The highest BCUT2D eigenvalue weighted by atomic mass is 32.2. The Balaban J connectivity index is 1.13. The Kier molecular flexibility index (Phi) is 8.74. The van der Waals surface area contributed by atoms with Gasteiger partial charge >= 0.3 is 0 Å². The van der Waals surface area contributed by atoms with Crippen molar-refractivity contribution >= 4 is 55.4 Å². The van der Waals surface area contributed by atoms with Gasteiger partial charge < -0.3 is 9.13 Å². The van der Waals surface area contributed by atoms with Gasteiger partial charge in [-0.2, -0.15) is 0 Å². The summed E-state index contributed by atoms with van der Waals surface area (Å²) < 4.78 is 4.88. The van der Waals surface area contributed by atoms with Crippen LogP contribution in [0.3, 0.4) is 0 Å². The lowest BCUT2D eigenvalue weighted by Crippen LogP contribution is -2.10. The zero-order valence-corrected chi connectivity index (χ0v) is 35.7. The van der Waals surface area contributed by atoms with Crippen LogP contribution in [0.1, 0.15) is 105 Å². The minimum Gasteiger partial charge on any atom is -0.309 e. The Labute approximate surface area is 332 Å². The van der Waals surface area contributed by atoms with E-state index >= 15 is 0 Å². The van der Waals surface area contributed by atoms with Gasteiger partial charge in [0.15, 0.2) is 0 Å². The largest absolute Gasteiger partial charge is 0.309 e. The zero-order valence-electron chi connectivity index (χ0n) is 34.8. The first-order valence-corrected chi connectivity index (χ1v) is 20.7. The van der Waals surface area contributed by atoms with Crippen molar-refractivity contribution in [2.75, 3.05) is 0 Å². The summed E-state index contributed by atoms with van der Waals surface area (Å²) in [5.41, 5.74) is 13.1. The second-order valence-corrected chi connectivity index (χ2v) is 20.8. The van der Waals surface area contributed by atoms with Crippen molar-refractivity contribution in [3.63, 3.8) is 0 Å². The van der Waals surface area contributed by atoms with Crippen LogP contribution in [-0.2, 0) is 21.7 Å². The highest BCUT2D eigenvalue weighted by Crippen LogP contribution is 2.40. The van der Waals surface area contributed by atoms with E-state index in [1.807, 2.05) is 11.8 Å². The predicted octanol–water partition coefficient (Wildman–Crippen LogP) is 15.2. The van der Waals surface area contributed by atoms with Crippen LogP contribution in [0.25, 0.3) is 55.0 Å². The minimum atomic E-state index is 0.0804. The Hall–Kier alpha value is -4.73. The first-order chi connectivity index (χ1) is 25.8. The van der Waals surface area contributed by atoms with Gasteiger partial charge in [0.25, 0.3) is 0 Å². The topological polar surface area (TPSA) is 9.86 Å². The Bertz CT molecular complexity index is 2390. The average molecular weight is 741 g/mol. The molecule has 8 aromatic rings. The van der Waals surface area contributed by atoms with E-state index in [-0.39, 0.29) is 21.7 Å². The molecule has 0 bridgehead atoms. The van der Waals surface area contributed by atoms with Crippen LogP contribution in [0.2, 0.25) is 0 Å². The number of nitrogens with zero attached hydrogens (tertiary/aromatic N) is 2. The van der Waals surface area contributed by atoms with Crippen molar-refractivity contribution in [3.8, 4) is 11.4 Å². The third kappa shape index (κ3) is 6.80. The molecule has 0 fully saturated rings. The van der Waals surface area contributed by atoms with Gasteiger partial charge in [0.05, 0.1) is 22.1 Å². The van der Waals surface area contributed by atoms with Crippen LogP contribution in [0, 0.1) is 0 Å². The molecule has 0 aliphatic rings. The van der Waals surface area contributed by atoms with Crippen molar-refractivity contribution < 1.29 is 0 Å². The number of fused-ring (bicyclic) bond motifs is 6. The van der Waals surface area contributed by atoms with Crippen LogP contribution in [0.15, 0.2) is 131 Å². The summed E-state index contributed by atoms with van der Waals surface area (Å²) in [6, 6.07) is 46.4. The quantitative estimate of drug-likeness (QED) is 0.175. The third-order valence-corrected chi connectivity index (χ3v) is 12.4. The first kappa shape index (κ1) is 37.2. The molecular weight excluding hydrogens is 685 g/mol. The second kappa shape index (κ2) is 12.9. The molecule has 0 radical (unpaired) electrons. The van der Waals surface area contributed by atoms with Crippen LogP contribution < -0.4 is 0 Å². The number of rotatable bonds is 4. The molecule has 0 spiro atoms. The van der Waals surface area contributed by atoms with Crippen molar-refractivity contribution in [1.82, 2.24) is 9.13 Å². The van der Waals surface area contributed by atoms with Crippen molar-refractivity contribution in [2.24, 2.45) is 0 Å². The number of aromatic nitrogens is 2. The molecule has 8 rings (SSSR count). The molecule has 0 saturated heterocycles. The summed E-state index contributed by atoms with van der Waals surface area (Å²) in [6.07, 6.45) is 0. The van der Waals surface area contributed by atoms with Gasteiger partial charge in [-0.15, -0.1) is 0 Å². The molecule has 2 heterocycles. The third-order valence-electron chi connectivity index (χ3n) is 11.4. The van der Waals surface area contributed by atoms with E-state index in [1.54, 1.807) is 0 Å². The normalized spacial score (nSPS) is 13.2. The van der Waals surface area contributed by atoms with E-state index in [1.165, 1.54) is 87.0 Å². The smallest absolute Gasteiger partial charge is 0.0541 e. The summed E-state index contributed by atoms with van der Waals surface area (Å²) in [5, 5.41) is 5.28. The van der Waals surface area contributed by atoms with Gasteiger partial charge in [-0.1, -0.05) is 119 Å². The maximum atomic E-state index is 2.44. The van der Waals surface area contributed by atoms with Gasteiger partial charge in [0, 0.05) is 42.7 Å². The molecule has 3 heteroatoms. The van der Waals surface area contributed by atoms with Crippen LogP contribution in [0.4, 0.5) is 0 Å². The van der Waals surface area contributed by atoms with Crippen molar-refractivity contribution in [3.05, 3.63) is 144 Å². The summed E-state index contributed by atoms with van der Waals surface area (Å²) in [4.78, 5) is 2.45. The van der Waals surface area contributed by atoms with E-state index in [0.29, 0.717) is 0 Å². The fourth-order valence-electron chi connectivity index (χ4n) is 7.93. The van der Waals surface area contributed by atoms with E-state index in [4.69, 9.17) is 0 Å². The van der Waals surface area contributed by atoms with Crippen molar-refractivity contribution in [1.29, 1.82) is 0 Å². The predicted molar refractivity (Wildman–Crippen MR) is 240 cm³/mol. The zero-order chi connectivity index (χ0) is 39.2. The Morgan fingerprint density at radius 3 is 0.764 bits per heavy atom. The molecule has 0 aliphatic heterocycles. The number of benzene rings is 6. The molecule has 0 atom stereocenters. The number of hydrogen-bond donors (Lipinski definition) is 0. The standard InChI is InChI=1S/C52H56N2S/c1-49(2,3)33-13-25-45-41(29-33)42-30-34(50(4,5)6)14-26-46(42)53(45)37-17-21-39(22-18-37)55-40-23-19-38(20-24-40)54-47-27-15-35(51(7,8)9)31-43(47)44-32-36(52(10,11)12)16-28-48(44)54/h13-32H,1-12H3. The maximum Gasteiger partial charge on any atom is 0.0541 e. The molecule has 0 saturated carbocycles. The van der Waals surface area contributed by atoms with E-state index < -0.39 is 0 Å². The number of hydrogen-bond acceptors (Lipinski definition) is 1. The molecule has 0 N–H and O–H groups in total. The second-order valence-electron chi connectivity index (χ2n) is 19.7. The van der Waals surface area contributed by atoms with Gasteiger partial charge in [-0.05, 0) is 141 Å². The molecular formula is C52H56N2S. The van der Waals surface area contributed by atoms with Crippen LogP contribution in [0.5, 0.6) is 0 Å². The molecule has 0 unspecified atom stereocenters. The van der Waals surface area contributed by atoms with E-state index in [2.05, 4.69) is 214 Å². The minimum absolute atomic E-state index is 0.0804. The summed E-state index contributed by atoms with van der Waals surface area (Å²) >= 11 is 1.81. The van der Waals surface area contributed by atoms with Gasteiger partial charge in [0.2, 0.25) is 0 Å². The van der Waals surface area contributed by atoms with Crippen molar-refractivity contribution in [2.45, 2.75) is 115 Å². The first-order valence-electron chi connectivity index (χ1n) is 19.8. The average Bonchev–Trinajstić information content (AvgIpc) is 3.62. The summed E-state index contributed by atoms with van der Waals surface area (Å²) in [6.45, 7) is 27.6. The van der Waals surface area contributed by atoms with Gasteiger partial charge in [-0.25, -0.2) is 0 Å². The highest BCUT2D eigenvalue weighted by Gasteiger charge is 2.23. The van der Waals surface area contributed by atoms with E-state index in [9.17, 15) is 0 Å². The fraction of sp³-hybridized carbons (Fsp3) is 0.308. The van der Waals surface area contributed by atoms with E-state index in [0.717, 1.165) is 0 Å². The molecule has 6 aromatic carbocycles. The van der Waals surface area contributed by atoms with Gasteiger partial charge in [-0.3, -0.25) is 0 Å². The lowest BCUT2D eigenvalue weighted by atomic mass is 9.85.